The van der Waals surface area contributed by atoms with Crippen LogP contribution in [-0.4, -0.2) is 25.3 Å². The quantitative estimate of drug-likeness (QED) is 0.751. The van der Waals surface area contributed by atoms with Gasteiger partial charge in [0.15, 0.2) is 5.65 Å². The van der Waals surface area contributed by atoms with Crippen molar-refractivity contribution in [3.63, 3.8) is 0 Å². The van der Waals surface area contributed by atoms with Gasteiger partial charge in [-0.15, -0.1) is 0 Å². The molecule has 0 radical (unpaired) electrons. The van der Waals surface area contributed by atoms with Crippen LogP contribution in [0.25, 0.3) is 11.0 Å². The van der Waals surface area contributed by atoms with Gasteiger partial charge in [0, 0.05) is 13.0 Å². The number of nitrogens with zero attached hydrogens (tertiary/aromatic N) is 4. The van der Waals surface area contributed by atoms with Crippen LogP contribution < -0.4 is 11.0 Å². The molecule has 0 unspecified atom stereocenters. The van der Waals surface area contributed by atoms with E-state index in [-0.39, 0.29) is 23.3 Å². The van der Waals surface area contributed by atoms with E-state index in [4.69, 9.17) is 0 Å². The van der Waals surface area contributed by atoms with E-state index in [2.05, 4.69) is 36.3 Å². The second-order valence-corrected chi connectivity index (χ2v) is 7.82. The molecule has 2 aromatic heterocycles. The van der Waals surface area contributed by atoms with E-state index in [0.29, 0.717) is 29.8 Å². The summed E-state index contributed by atoms with van der Waals surface area (Å²) in [5.41, 5.74) is 3.83. The first-order valence-electron chi connectivity index (χ1n) is 9.09. The highest BCUT2D eigenvalue weighted by Gasteiger charge is 2.19. The summed E-state index contributed by atoms with van der Waals surface area (Å²) < 4.78 is 3.00. The topological polar surface area (TPSA) is 81.8 Å². The van der Waals surface area contributed by atoms with E-state index in [1.165, 1.54) is 10.9 Å². The summed E-state index contributed by atoms with van der Waals surface area (Å²) in [5.74, 6) is 0.241. The Bertz CT molecular complexity index is 1010. The van der Waals surface area contributed by atoms with Crippen molar-refractivity contribution >= 4 is 16.9 Å². The van der Waals surface area contributed by atoms with Gasteiger partial charge in [-0.3, -0.25) is 15.0 Å². The largest absolute Gasteiger partial charge is 0.283 e. The summed E-state index contributed by atoms with van der Waals surface area (Å²) in [4.78, 5) is 29.9. The van der Waals surface area contributed by atoms with E-state index in [1.54, 1.807) is 4.68 Å². The molecule has 27 heavy (non-hydrogen) atoms. The van der Waals surface area contributed by atoms with Gasteiger partial charge in [-0.25, -0.2) is 14.3 Å². The Balaban J connectivity index is 1.95. The number of amides is 1. The van der Waals surface area contributed by atoms with Crippen molar-refractivity contribution in [2.75, 3.05) is 5.43 Å². The Kier molecular flexibility index (Phi) is 5.12. The molecule has 1 aromatic carbocycles. The van der Waals surface area contributed by atoms with Crippen LogP contribution >= 0.6 is 0 Å². The molecule has 3 rings (SSSR count). The van der Waals surface area contributed by atoms with Crippen LogP contribution in [0.5, 0.6) is 0 Å². The van der Waals surface area contributed by atoms with Crippen LogP contribution in [0, 0.1) is 5.41 Å². The summed E-state index contributed by atoms with van der Waals surface area (Å²) in [7, 11) is 0. The van der Waals surface area contributed by atoms with Crippen molar-refractivity contribution in [2.45, 2.75) is 47.1 Å². The number of carbonyl (C=O) groups excluding carboxylic acids is 1. The SMILES string of the molecule is CCc1nc2c(cnn2CC(C)(C)C)c(=O)n1NC(=O)Cc1ccccc1. The average molecular weight is 367 g/mol. The Morgan fingerprint density at radius 3 is 2.52 bits per heavy atom. The zero-order valence-electron chi connectivity index (χ0n) is 16.2. The molecule has 2 heterocycles. The minimum absolute atomic E-state index is 0.00572. The smallest absolute Gasteiger partial charge is 0.273 e. The second-order valence-electron chi connectivity index (χ2n) is 7.82. The average Bonchev–Trinajstić information content (AvgIpc) is 2.99. The van der Waals surface area contributed by atoms with Gasteiger partial charge in [0.05, 0.1) is 12.6 Å². The number of hydrogen-bond acceptors (Lipinski definition) is 4. The standard InChI is InChI=1S/C20H25N5O2/c1-5-16-22-18-15(12-21-24(18)13-20(2,3)4)19(27)25(16)23-17(26)11-14-9-7-6-8-10-14/h6-10,12H,5,11,13H2,1-4H3,(H,23,26). The van der Waals surface area contributed by atoms with Crippen LogP contribution in [0.1, 0.15) is 39.1 Å². The molecule has 0 atom stereocenters. The lowest BCUT2D eigenvalue weighted by molar-refractivity contribution is -0.116. The molecule has 3 aromatic rings. The first-order chi connectivity index (χ1) is 12.8. The third kappa shape index (κ3) is 4.24. The minimum atomic E-state index is -0.307. The van der Waals surface area contributed by atoms with Crippen LogP contribution in [0.2, 0.25) is 0 Å². The van der Waals surface area contributed by atoms with E-state index in [0.717, 1.165) is 5.56 Å². The maximum atomic E-state index is 12.9. The first kappa shape index (κ1) is 18.8. The van der Waals surface area contributed by atoms with E-state index < -0.39 is 0 Å². The van der Waals surface area contributed by atoms with E-state index in [1.807, 2.05) is 37.3 Å². The summed E-state index contributed by atoms with van der Waals surface area (Å²) >= 11 is 0. The highest BCUT2D eigenvalue weighted by Crippen LogP contribution is 2.18. The van der Waals surface area contributed by atoms with Crippen molar-refractivity contribution in [3.05, 3.63) is 58.3 Å². The number of benzene rings is 1. The summed E-state index contributed by atoms with van der Waals surface area (Å²) in [6.45, 7) is 8.86. The van der Waals surface area contributed by atoms with Crippen molar-refractivity contribution < 1.29 is 4.79 Å². The van der Waals surface area contributed by atoms with Gasteiger partial charge in [0.25, 0.3) is 5.56 Å². The molecule has 0 aliphatic rings. The fourth-order valence-corrected chi connectivity index (χ4v) is 2.92. The number of fused-ring (bicyclic) bond motifs is 1. The number of aromatic nitrogens is 4. The van der Waals surface area contributed by atoms with Gasteiger partial charge < -0.3 is 0 Å². The Morgan fingerprint density at radius 2 is 1.89 bits per heavy atom. The van der Waals surface area contributed by atoms with Gasteiger partial charge in [-0.1, -0.05) is 58.0 Å². The van der Waals surface area contributed by atoms with Gasteiger partial charge >= 0.3 is 0 Å². The minimum Gasteiger partial charge on any atom is -0.273 e. The molecule has 0 aliphatic heterocycles. The highest BCUT2D eigenvalue weighted by molar-refractivity contribution is 5.86. The van der Waals surface area contributed by atoms with Gasteiger partial charge in [-0.2, -0.15) is 5.10 Å². The maximum absolute atomic E-state index is 12.9. The molecule has 1 N–H and O–H groups in total. The molecular weight excluding hydrogens is 342 g/mol. The predicted molar refractivity (Wildman–Crippen MR) is 105 cm³/mol. The molecular formula is C20H25N5O2. The molecule has 0 spiro atoms. The summed E-state index contributed by atoms with van der Waals surface area (Å²) in [6.07, 6.45) is 2.23. The monoisotopic (exact) mass is 367 g/mol. The lowest BCUT2D eigenvalue weighted by Crippen LogP contribution is -2.37. The third-order valence-electron chi connectivity index (χ3n) is 4.12. The molecule has 0 aliphatic carbocycles. The van der Waals surface area contributed by atoms with Crippen molar-refractivity contribution in [3.8, 4) is 0 Å². The van der Waals surface area contributed by atoms with Crippen molar-refractivity contribution in [1.29, 1.82) is 0 Å². The van der Waals surface area contributed by atoms with Crippen LogP contribution in [0.4, 0.5) is 0 Å². The van der Waals surface area contributed by atoms with E-state index in [9.17, 15) is 9.59 Å². The maximum Gasteiger partial charge on any atom is 0.283 e. The number of nitrogens with one attached hydrogen (secondary N) is 1. The molecule has 1 amide bonds. The lowest BCUT2D eigenvalue weighted by Gasteiger charge is -2.18. The number of aryl methyl sites for hydroxylation is 1. The fraction of sp³-hybridized carbons (Fsp3) is 0.400. The number of hydrogen-bond donors (Lipinski definition) is 1. The Morgan fingerprint density at radius 1 is 1.19 bits per heavy atom. The number of carbonyl (C=O) groups is 1. The zero-order chi connectivity index (χ0) is 19.6. The van der Waals surface area contributed by atoms with Gasteiger partial charge in [0.2, 0.25) is 5.91 Å². The highest BCUT2D eigenvalue weighted by atomic mass is 16.2. The molecule has 142 valence electrons. The molecule has 0 saturated heterocycles. The fourth-order valence-electron chi connectivity index (χ4n) is 2.92. The molecule has 7 heteroatoms. The summed E-state index contributed by atoms with van der Waals surface area (Å²) in [6, 6.07) is 9.41. The Hall–Kier alpha value is -2.96. The van der Waals surface area contributed by atoms with Crippen LogP contribution in [0.15, 0.2) is 41.3 Å². The zero-order valence-corrected chi connectivity index (χ0v) is 16.2. The van der Waals surface area contributed by atoms with Crippen molar-refractivity contribution in [2.24, 2.45) is 5.41 Å². The lowest BCUT2D eigenvalue weighted by atomic mass is 9.97. The van der Waals surface area contributed by atoms with Crippen LogP contribution in [0.3, 0.4) is 0 Å². The van der Waals surface area contributed by atoms with E-state index >= 15 is 0 Å². The third-order valence-corrected chi connectivity index (χ3v) is 4.12. The second kappa shape index (κ2) is 7.34. The molecule has 7 nitrogen and oxygen atoms in total. The first-order valence-corrected chi connectivity index (χ1v) is 9.09. The van der Waals surface area contributed by atoms with Gasteiger partial charge in [0.1, 0.15) is 11.2 Å². The number of rotatable bonds is 5. The molecule has 0 fully saturated rings. The Labute approximate surface area is 158 Å². The predicted octanol–water partition coefficient (Wildman–Crippen LogP) is 2.51. The molecule has 0 bridgehead atoms. The van der Waals surface area contributed by atoms with Gasteiger partial charge in [-0.05, 0) is 11.0 Å². The van der Waals surface area contributed by atoms with Crippen molar-refractivity contribution in [1.82, 2.24) is 19.4 Å². The normalized spacial score (nSPS) is 11.7. The summed E-state index contributed by atoms with van der Waals surface area (Å²) in [5, 5.41) is 4.73. The molecule has 0 saturated carbocycles. The van der Waals surface area contributed by atoms with Crippen LogP contribution in [-0.2, 0) is 24.2 Å².